The molecule has 252 valence electrons. The molecule has 0 radical (unpaired) electrons. The molecule has 11 rings (SSSR count). The van der Waals surface area contributed by atoms with Crippen molar-refractivity contribution in [3.05, 3.63) is 162 Å². The van der Waals surface area contributed by atoms with Crippen LogP contribution in [0.15, 0.2) is 140 Å². The van der Waals surface area contributed by atoms with E-state index in [0.29, 0.717) is 0 Å². The average molecular weight is 662 g/mol. The van der Waals surface area contributed by atoms with E-state index in [-0.39, 0.29) is 5.41 Å². The van der Waals surface area contributed by atoms with Crippen molar-refractivity contribution >= 4 is 17.1 Å². The van der Waals surface area contributed by atoms with Gasteiger partial charge in [0.1, 0.15) is 0 Å². The number of benzene rings is 6. The minimum atomic E-state index is -0.0822. The van der Waals surface area contributed by atoms with Crippen LogP contribution in [0, 0.1) is 30.6 Å². The van der Waals surface area contributed by atoms with Crippen LogP contribution in [0.3, 0.4) is 0 Å². The predicted molar refractivity (Wildman–Crippen MR) is 214 cm³/mol. The summed E-state index contributed by atoms with van der Waals surface area (Å²) in [6, 6.07) is 52.7. The van der Waals surface area contributed by atoms with Crippen LogP contribution in [0.5, 0.6) is 0 Å². The van der Waals surface area contributed by atoms with E-state index in [1.54, 1.807) is 5.56 Å². The maximum atomic E-state index is 2.53. The monoisotopic (exact) mass is 661 g/mol. The van der Waals surface area contributed by atoms with Gasteiger partial charge in [-0.25, -0.2) is 0 Å². The molecule has 0 aromatic heterocycles. The highest BCUT2D eigenvalue weighted by molar-refractivity contribution is 5.95. The van der Waals surface area contributed by atoms with Gasteiger partial charge in [-0.1, -0.05) is 123 Å². The lowest BCUT2D eigenvalue weighted by molar-refractivity contribution is -0.00277. The van der Waals surface area contributed by atoms with Gasteiger partial charge in [-0.15, -0.1) is 0 Å². The molecule has 6 aromatic carbocycles. The summed E-state index contributed by atoms with van der Waals surface area (Å²) >= 11 is 0. The molecule has 0 saturated heterocycles. The molecule has 1 heteroatoms. The Hall–Kier alpha value is -4.88. The van der Waals surface area contributed by atoms with Crippen LogP contribution in [0.1, 0.15) is 74.1 Å². The standard InChI is InChI=1S/C50H47N/c1-32-12-11-18-45-48(32)44-25-24-40(31-46(44)50(45,2)3)51(39-22-20-36(21-23-39)49-37-27-33-26-34(29-37)30-38(49)28-33)47-19-10-9-17-43(47)42-16-8-7-15-41(42)35-13-5-4-6-14-35/h4-25,31,33-34,37-38,49H,26-30H2,1-3H3. The first-order valence-corrected chi connectivity index (χ1v) is 19.3. The first-order chi connectivity index (χ1) is 24.9. The minimum absolute atomic E-state index is 0.0822. The largest absolute Gasteiger partial charge is 0.310 e. The number of fused-ring (bicyclic) bond motifs is 3. The Bertz CT molecular complexity index is 2230. The van der Waals surface area contributed by atoms with Crippen molar-refractivity contribution in [3.63, 3.8) is 0 Å². The van der Waals surface area contributed by atoms with Crippen molar-refractivity contribution in [1.82, 2.24) is 0 Å². The predicted octanol–water partition coefficient (Wildman–Crippen LogP) is 13.6. The molecule has 1 nitrogen and oxygen atoms in total. The van der Waals surface area contributed by atoms with Gasteiger partial charge in [0.2, 0.25) is 0 Å². The van der Waals surface area contributed by atoms with E-state index in [9.17, 15) is 0 Å². The number of anilines is 3. The smallest absolute Gasteiger partial charge is 0.0540 e. The van der Waals surface area contributed by atoms with Gasteiger partial charge in [0, 0.05) is 22.4 Å². The van der Waals surface area contributed by atoms with Crippen LogP contribution in [-0.2, 0) is 5.41 Å². The molecule has 0 spiro atoms. The van der Waals surface area contributed by atoms with E-state index in [1.807, 2.05) is 0 Å². The highest BCUT2D eigenvalue weighted by Crippen LogP contribution is 2.60. The fourth-order valence-corrected chi connectivity index (χ4v) is 11.3. The molecule has 0 unspecified atom stereocenters. The molecule has 5 aliphatic rings. The van der Waals surface area contributed by atoms with E-state index < -0.39 is 0 Å². The van der Waals surface area contributed by atoms with Gasteiger partial charge in [0.15, 0.2) is 0 Å². The number of hydrogen-bond acceptors (Lipinski definition) is 1. The lowest BCUT2D eigenvalue weighted by atomic mass is 9.51. The van der Waals surface area contributed by atoms with Gasteiger partial charge in [-0.05, 0) is 149 Å². The van der Waals surface area contributed by atoms with Crippen LogP contribution in [0.4, 0.5) is 17.1 Å². The van der Waals surface area contributed by atoms with Crippen molar-refractivity contribution in [3.8, 4) is 33.4 Å². The second kappa shape index (κ2) is 11.8. The maximum absolute atomic E-state index is 2.53. The second-order valence-electron chi connectivity index (χ2n) is 16.7. The zero-order valence-electron chi connectivity index (χ0n) is 30.1. The third-order valence-corrected chi connectivity index (χ3v) is 13.4. The summed E-state index contributed by atoms with van der Waals surface area (Å²) in [7, 11) is 0. The first kappa shape index (κ1) is 30.9. The highest BCUT2D eigenvalue weighted by atomic mass is 15.1. The molecule has 5 aliphatic carbocycles. The molecule has 0 atom stereocenters. The average Bonchev–Trinajstić information content (AvgIpc) is 3.39. The summed E-state index contributed by atoms with van der Waals surface area (Å²) in [5.74, 6) is 4.47. The number of para-hydroxylation sites is 1. The zero-order valence-corrected chi connectivity index (χ0v) is 30.1. The summed E-state index contributed by atoms with van der Waals surface area (Å²) in [5.41, 5.74) is 17.1. The van der Waals surface area contributed by atoms with E-state index in [0.717, 1.165) is 29.6 Å². The second-order valence-corrected chi connectivity index (χ2v) is 16.7. The number of nitrogens with zero attached hydrogens (tertiary/aromatic N) is 1. The molecule has 4 fully saturated rings. The number of aryl methyl sites for hydroxylation is 1. The van der Waals surface area contributed by atoms with Crippen LogP contribution in [-0.4, -0.2) is 0 Å². The first-order valence-electron chi connectivity index (χ1n) is 19.3. The van der Waals surface area contributed by atoms with Gasteiger partial charge in [-0.2, -0.15) is 0 Å². The van der Waals surface area contributed by atoms with E-state index in [2.05, 4.69) is 165 Å². The van der Waals surface area contributed by atoms with Gasteiger partial charge in [0.05, 0.1) is 5.69 Å². The Morgan fingerprint density at radius 2 is 1.14 bits per heavy atom. The van der Waals surface area contributed by atoms with E-state index in [4.69, 9.17) is 0 Å². The van der Waals surface area contributed by atoms with Crippen molar-refractivity contribution in [2.75, 3.05) is 4.90 Å². The van der Waals surface area contributed by atoms with Crippen LogP contribution in [0.25, 0.3) is 33.4 Å². The zero-order chi connectivity index (χ0) is 34.3. The van der Waals surface area contributed by atoms with Crippen molar-refractivity contribution in [1.29, 1.82) is 0 Å². The Kier molecular flexibility index (Phi) is 7.18. The quantitative estimate of drug-likeness (QED) is 0.172. The molecule has 0 aliphatic heterocycles. The summed E-state index contributed by atoms with van der Waals surface area (Å²) in [4.78, 5) is 2.53. The maximum Gasteiger partial charge on any atom is 0.0540 e. The van der Waals surface area contributed by atoms with Crippen molar-refractivity contribution < 1.29 is 0 Å². The Balaban J connectivity index is 1.13. The topological polar surface area (TPSA) is 3.24 Å². The fraction of sp³-hybridized carbons (Fsp3) is 0.280. The lowest BCUT2D eigenvalue weighted by Crippen LogP contribution is -2.43. The molecular weight excluding hydrogens is 615 g/mol. The normalized spacial score (nSPS) is 23.5. The molecule has 6 aromatic rings. The number of rotatable bonds is 6. The van der Waals surface area contributed by atoms with E-state index in [1.165, 1.54) is 99.2 Å². The lowest BCUT2D eigenvalue weighted by Gasteiger charge is -2.54. The summed E-state index contributed by atoms with van der Waals surface area (Å²) in [6.07, 6.45) is 7.31. The third kappa shape index (κ3) is 4.95. The molecule has 51 heavy (non-hydrogen) atoms. The third-order valence-electron chi connectivity index (χ3n) is 13.4. The molecule has 4 saturated carbocycles. The van der Waals surface area contributed by atoms with Gasteiger partial charge >= 0.3 is 0 Å². The SMILES string of the molecule is Cc1cccc2c1-c1ccc(N(c3ccc(C4C5CC6CC(C5)CC4C6)cc3)c3ccccc3-c3ccccc3-c3ccccc3)cc1C2(C)C. The molecule has 4 bridgehead atoms. The van der Waals surface area contributed by atoms with E-state index >= 15 is 0 Å². The number of hydrogen-bond donors (Lipinski definition) is 0. The Morgan fingerprint density at radius 1 is 0.510 bits per heavy atom. The summed E-state index contributed by atoms with van der Waals surface area (Å²) in [5, 5.41) is 0. The summed E-state index contributed by atoms with van der Waals surface area (Å²) in [6.45, 7) is 7.06. The van der Waals surface area contributed by atoms with Gasteiger partial charge in [0.25, 0.3) is 0 Å². The van der Waals surface area contributed by atoms with Gasteiger partial charge < -0.3 is 4.90 Å². The summed E-state index contributed by atoms with van der Waals surface area (Å²) < 4.78 is 0. The van der Waals surface area contributed by atoms with Crippen molar-refractivity contribution in [2.24, 2.45) is 23.7 Å². The highest BCUT2D eigenvalue weighted by Gasteiger charge is 2.48. The molecular formula is C50H47N. The van der Waals surface area contributed by atoms with Crippen LogP contribution < -0.4 is 4.90 Å². The van der Waals surface area contributed by atoms with Gasteiger partial charge in [-0.3, -0.25) is 0 Å². The van der Waals surface area contributed by atoms with Crippen molar-refractivity contribution in [2.45, 2.75) is 64.2 Å². The van der Waals surface area contributed by atoms with Crippen LogP contribution in [0.2, 0.25) is 0 Å². The van der Waals surface area contributed by atoms with Crippen LogP contribution >= 0.6 is 0 Å². The molecule has 0 amide bonds. The Morgan fingerprint density at radius 3 is 1.86 bits per heavy atom. The molecule has 0 heterocycles. The molecule has 0 N–H and O–H groups in total. The fourth-order valence-electron chi connectivity index (χ4n) is 11.3. The Labute approximate surface area is 304 Å². The minimum Gasteiger partial charge on any atom is -0.310 e.